The van der Waals surface area contributed by atoms with Gasteiger partial charge in [0.1, 0.15) is 5.78 Å². The molecule has 0 N–H and O–H groups in total. The summed E-state index contributed by atoms with van der Waals surface area (Å²) in [6.45, 7) is 8.21. The van der Waals surface area contributed by atoms with Gasteiger partial charge in [-0.05, 0) is 66.7 Å². The van der Waals surface area contributed by atoms with Crippen LogP contribution in [0.15, 0.2) is 109 Å². The molecule has 0 aromatic heterocycles. The van der Waals surface area contributed by atoms with Gasteiger partial charge in [0, 0.05) is 12.0 Å². The quantitative estimate of drug-likeness (QED) is 0.280. The molecule has 0 bridgehead atoms. The van der Waals surface area contributed by atoms with Gasteiger partial charge in [-0.3, -0.25) is 9.59 Å². The Hall–Kier alpha value is -4.30. The molecule has 0 unspecified atom stereocenters. The molecule has 0 spiro atoms. The minimum Gasteiger partial charge on any atom is -0.299 e. The van der Waals surface area contributed by atoms with Gasteiger partial charge in [-0.2, -0.15) is 0 Å². The number of rotatable bonds is 3. The van der Waals surface area contributed by atoms with Crippen molar-refractivity contribution in [1.82, 2.24) is 0 Å². The monoisotopic (exact) mass is 508 g/mol. The van der Waals surface area contributed by atoms with Gasteiger partial charge in [0.05, 0.1) is 11.3 Å². The summed E-state index contributed by atoms with van der Waals surface area (Å²) < 4.78 is 0. The highest BCUT2D eigenvalue weighted by molar-refractivity contribution is 6.38. The third-order valence-corrected chi connectivity index (χ3v) is 8.51. The molecular formula is C37H32O2. The van der Waals surface area contributed by atoms with Crippen LogP contribution in [0.5, 0.6) is 0 Å². The Balaban J connectivity index is 1.69. The van der Waals surface area contributed by atoms with Crippen molar-refractivity contribution in [3.8, 4) is 0 Å². The summed E-state index contributed by atoms with van der Waals surface area (Å²) in [5.41, 5.74) is 9.65. The molecule has 0 amide bonds. The summed E-state index contributed by atoms with van der Waals surface area (Å²) >= 11 is 0. The van der Waals surface area contributed by atoms with E-state index in [2.05, 4.69) is 63.2 Å². The molecule has 39 heavy (non-hydrogen) atoms. The maximum atomic E-state index is 14.9. The molecule has 0 heterocycles. The van der Waals surface area contributed by atoms with Crippen LogP contribution >= 0.6 is 0 Å². The normalized spacial score (nSPS) is 22.8. The van der Waals surface area contributed by atoms with Crippen LogP contribution in [0.4, 0.5) is 0 Å². The van der Waals surface area contributed by atoms with Gasteiger partial charge in [-0.15, -0.1) is 0 Å². The third-order valence-electron chi connectivity index (χ3n) is 8.51. The van der Waals surface area contributed by atoms with E-state index in [1.165, 1.54) is 5.56 Å². The summed E-state index contributed by atoms with van der Waals surface area (Å²) in [5, 5.41) is 0. The van der Waals surface area contributed by atoms with E-state index in [1.54, 1.807) is 0 Å². The lowest BCUT2D eigenvalue weighted by molar-refractivity contribution is -0.127. The number of allylic oxidation sites excluding steroid dienone is 3. The van der Waals surface area contributed by atoms with Gasteiger partial charge in [-0.25, -0.2) is 0 Å². The van der Waals surface area contributed by atoms with E-state index in [9.17, 15) is 9.59 Å². The Bertz CT molecular complexity index is 1670. The summed E-state index contributed by atoms with van der Waals surface area (Å²) in [6.07, 6.45) is 0.294. The predicted octanol–water partition coefficient (Wildman–Crippen LogP) is 8.17. The van der Waals surface area contributed by atoms with Crippen molar-refractivity contribution in [2.45, 2.75) is 39.5 Å². The van der Waals surface area contributed by atoms with Crippen molar-refractivity contribution in [2.24, 2.45) is 5.92 Å². The van der Waals surface area contributed by atoms with Crippen molar-refractivity contribution >= 4 is 28.3 Å². The van der Waals surface area contributed by atoms with Crippen LogP contribution in [-0.2, 0) is 15.0 Å². The van der Waals surface area contributed by atoms with Crippen molar-refractivity contribution in [3.05, 3.63) is 148 Å². The number of ketones is 2. The van der Waals surface area contributed by atoms with Crippen molar-refractivity contribution in [1.29, 1.82) is 0 Å². The fourth-order valence-corrected chi connectivity index (χ4v) is 6.64. The van der Waals surface area contributed by atoms with Gasteiger partial charge in [0.15, 0.2) is 5.78 Å². The number of hydrogen-bond acceptors (Lipinski definition) is 2. The zero-order valence-corrected chi connectivity index (χ0v) is 22.9. The Labute approximate surface area is 230 Å². The van der Waals surface area contributed by atoms with Gasteiger partial charge >= 0.3 is 0 Å². The van der Waals surface area contributed by atoms with Gasteiger partial charge in [0.2, 0.25) is 0 Å². The highest BCUT2D eigenvalue weighted by atomic mass is 16.1. The number of carbonyl (C=O) groups excluding carboxylic acids is 2. The third kappa shape index (κ3) is 3.94. The highest BCUT2D eigenvalue weighted by Crippen LogP contribution is 2.56. The van der Waals surface area contributed by atoms with Crippen LogP contribution in [-0.4, -0.2) is 11.6 Å². The first kappa shape index (κ1) is 25.0. The number of benzene rings is 4. The minimum absolute atomic E-state index is 0.0144. The lowest BCUT2D eigenvalue weighted by Crippen LogP contribution is -2.42. The van der Waals surface area contributed by atoms with Crippen molar-refractivity contribution < 1.29 is 9.59 Å². The highest BCUT2D eigenvalue weighted by Gasteiger charge is 2.57. The molecule has 2 heteroatoms. The molecule has 4 aromatic carbocycles. The molecular weight excluding hydrogens is 476 g/mol. The van der Waals surface area contributed by atoms with E-state index in [1.807, 2.05) is 67.6 Å². The Morgan fingerprint density at radius 3 is 1.85 bits per heavy atom. The van der Waals surface area contributed by atoms with Crippen LogP contribution in [0.3, 0.4) is 0 Å². The second kappa shape index (κ2) is 9.47. The molecule has 0 saturated carbocycles. The topological polar surface area (TPSA) is 34.1 Å². The fourth-order valence-electron chi connectivity index (χ4n) is 6.64. The standard InChI is InChI=1S/C37H32O2/c1-23-15-18-28(19-16-23)32-25(3)22-31(38)35-33(26-11-7-5-8-12-26)34(27-13-9-6-10-14-27)36(39)37(35,4)30-21-24(2)17-20-29(30)32/h5-21,35H,22H2,1-4H3/b32-25-/t35-,37-/m1/s1. The SMILES string of the molecule is C/C1=C(\c2ccc(C)cc2)c2ccc(C)cc2[C@@]2(C)C(=O)C(c3ccccc3)=C(c3ccccc3)[C@H]2C(=O)C1. The largest absolute Gasteiger partial charge is 0.299 e. The average molecular weight is 509 g/mol. The molecule has 6 rings (SSSR count). The molecule has 2 aliphatic rings. The smallest absolute Gasteiger partial charge is 0.175 e. The summed E-state index contributed by atoms with van der Waals surface area (Å²) in [7, 11) is 0. The zero-order chi connectivity index (χ0) is 27.3. The molecule has 2 aliphatic carbocycles. The maximum absolute atomic E-state index is 14.9. The first-order chi connectivity index (χ1) is 18.8. The number of Topliss-reactive ketones (excluding diaryl/α,β-unsaturated/α-hetero) is 2. The van der Waals surface area contributed by atoms with E-state index < -0.39 is 11.3 Å². The van der Waals surface area contributed by atoms with Gasteiger partial charge in [0.25, 0.3) is 0 Å². The Kier molecular flexibility index (Phi) is 6.07. The lowest BCUT2D eigenvalue weighted by atomic mass is 9.63. The van der Waals surface area contributed by atoms with E-state index >= 15 is 0 Å². The zero-order valence-electron chi connectivity index (χ0n) is 22.9. The van der Waals surface area contributed by atoms with Crippen molar-refractivity contribution in [2.75, 3.05) is 0 Å². The average Bonchev–Trinajstić information content (AvgIpc) is 3.18. The van der Waals surface area contributed by atoms with E-state index in [0.29, 0.717) is 12.0 Å². The summed E-state index contributed by atoms with van der Waals surface area (Å²) in [4.78, 5) is 29.3. The molecule has 192 valence electrons. The second-order valence-electron chi connectivity index (χ2n) is 11.2. The summed E-state index contributed by atoms with van der Waals surface area (Å²) in [5.74, 6) is -0.483. The second-order valence-corrected chi connectivity index (χ2v) is 11.2. The van der Waals surface area contributed by atoms with Gasteiger partial charge < -0.3 is 0 Å². The molecule has 4 aromatic rings. The predicted molar refractivity (Wildman–Crippen MR) is 159 cm³/mol. The maximum Gasteiger partial charge on any atom is 0.175 e. The van der Waals surface area contributed by atoms with Crippen LogP contribution < -0.4 is 0 Å². The molecule has 0 aliphatic heterocycles. The van der Waals surface area contributed by atoms with E-state index in [-0.39, 0.29) is 11.6 Å². The van der Waals surface area contributed by atoms with Crippen LogP contribution in [0, 0.1) is 19.8 Å². The van der Waals surface area contributed by atoms with Gasteiger partial charge in [-0.1, -0.05) is 120 Å². The number of carbonyl (C=O) groups is 2. The number of aryl methyl sites for hydroxylation is 2. The molecule has 0 fully saturated rings. The summed E-state index contributed by atoms with van der Waals surface area (Å²) in [6, 6.07) is 34.7. The molecule has 0 radical (unpaired) electrons. The number of fused-ring (bicyclic) bond motifs is 3. The van der Waals surface area contributed by atoms with Crippen LogP contribution in [0.1, 0.15) is 59.2 Å². The van der Waals surface area contributed by atoms with Crippen LogP contribution in [0.25, 0.3) is 16.7 Å². The van der Waals surface area contributed by atoms with Crippen LogP contribution in [0.2, 0.25) is 0 Å². The van der Waals surface area contributed by atoms with E-state index in [4.69, 9.17) is 0 Å². The first-order valence-electron chi connectivity index (χ1n) is 13.6. The minimum atomic E-state index is -1.04. The molecule has 0 saturated heterocycles. The molecule has 2 atom stereocenters. The van der Waals surface area contributed by atoms with Crippen molar-refractivity contribution in [3.63, 3.8) is 0 Å². The Morgan fingerprint density at radius 2 is 1.21 bits per heavy atom. The Morgan fingerprint density at radius 1 is 0.641 bits per heavy atom. The fraction of sp³-hybridized carbons (Fsp3) is 0.189. The van der Waals surface area contributed by atoms with E-state index in [0.717, 1.165) is 50.1 Å². The number of hydrogen-bond donors (Lipinski definition) is 0. The first-order valence-corrected chi connectivity index (χ1v) is 13.6. The lowest BCUT2D eigenvalue weighted by Gasteiger charge is -2.36. The molecule has 2 nitrogen and oxygen atoms in total.